The lowest BCUT2D eigenvalue weighted by Gasteiger charge is -2.12. The maximum Gasteiger partial charge on any atom is 0.256 e. The number of hydrogen-bond acceptors (Lipinski definition) is 4. The lowest BCUT2D eigenvalue weighted by atomic mass is 10.2. The highest BCUT2D eigenvalue weighted by molar-refractivity contribution is 9.10. The first-order valence-electron chi connectivity index (χ1n) is 7.48. The third-order valence-corrected chi connectivity index (χ3v) is 3.68. The Bertz CT molecular complexity index is 710. The number of benzene rings is 1. The number of nitrogens with zero attached hydrogens (tertiary/aromatic N) is 2. The molecule has 1 N–H and O–H groups in total. The first kappa shape index (κ1) is 18.4. The second-order valence-electron chi connectivity index (χ2n) is 5.45. The van der Waals surface area contributed by atoms with Crippen molar-refractivity contribution in [2.24, 2.45) is 0 Å². The Kier molecular flexibility index (Phi) is 6.69. The summed E-state index contributed by atoms with van der Waals surface area (Å²) in [5.74, 6) is -0.746. The number of amides is 1. The molecule has 0 unspecified atom stereocenters. The van der Waals surface area contributed by atoms with E-state index in [1.54, 1.807) is 18.2 Å². The molecule has 1 aromatic carbocycles. The second kappa shape index (κ2) is 8.75. The van der Waals surface area contributed by atoms with Crippen molar-refractivity contribution in [2.75, 3.05) is 27.2 Å². The van der Waals surface area contributed by atoms with Crippen LogP contribution in [0.3, 0.4) is 0 Å². The van der Waals surface area contributed by atoms with Gasteiger partial charge in [-0.2, -0.15) is 0 Å². The zero-order chi connectivity index (χ0) is 17.5. The Morgan fingerprint density at radius 2 is 2.17 bits per heavy atom. The number of nitrogens with one attached hydrogen (secondary N) is 1. The second-order valence-corrected chi connectivity index (χ2v) is 6.36. The van der Waals surface area contributed by atoms with Crippen LogP contribution in [0, 0.1) is 5.82 Å². The summed E-state index contributed by atoms with van der Waals surface area (Å²) in [4.78, 5) is 18.4. The largest absolute Gasteiger partial charge is 0.435 e. The molecule has 0 fully saturated rings. The average molecular weight is 396 g/mol. The van der Waals surface area contributed by atoms with Gasteiger partial charge in [0.25, 0.3) is 5.91 Å². The number of aromatic nitrogens is 1. The van der Waals surface area contributed by atoms with Gasteiger partial charge >= 0.3 is 0 Å². The third-order valence-electron chi connectivity index (χ3n) is 3.18. The Balaban J connectivity index is 2.08. The first-order valence-corrected chi connectivity index (χ1v) is 8.27. The van der Waals surface area contributed by atoms with Gasteiger partial charge in [0.2, 0.25) is 5.88 Å². The summed E-state index contributed by atoms with van der Waals surface area (Å²) < 4.78 is 20.0. The fourth-order valence-electron chi connectivity index (χ4n) is 2.00. The number of carbonyl (C=O) groups excluding carboxylic acids is 1. The predicted octanol–water partition coefficient (Wildman–Crippen LogP) is 3.46. The van der Waals surface area contributed by atoms with Gasteiger partial charge in [-0.3, -0.25) is 4.79 Å². The van der Waals surface area contributed by atoms with E-state index in [0.717, 1.165) is 13.0 Å². The summed E-state index contributed by atoms with van der Waals surface area (Å²) in [7, 11) is 3.95. The number of halogens is 2. The molecule has 128 valence electrons. The summed E-state index contributed by atoms with van der Waals surface area (Å²) in [5, 5.41) is 2.82. The van der Waals surface area contributed by atoms with E-state index in [0.29, 0.717) is 11.0 Å². The zero-order valence-electron chi connectivity index (χ0n) is 13.6. The molecule has 24 heavy (non-hydrogen) atoms. The number of carbonyl (C=O) groups is 1. The monoisotopic (exact) mass is 395 g/mol. The standard InChI is InChI=1S/C17H19BrFN3O2/c1-22(2)10-4-9-20-16(23)13-5-3-8-21-17(13)24-15-7-6-12(18)11-14(15)19/h3,5-8,11H,4,9-10H2,1-2H3,(H,20,23). The van der Waals surface area contributed by atoms with Crippen LogP contribution in [0.2, 0.25) is 0 Å². The number of rotatable bonds is 7. The Morgan fingerprint density at radius 1 is 1.38 bits per heavy atom. The van der Waals surface area contributed by atoms with Crippen molar-refractivity contribution in [3.8, 4) is 11.6 Å². The Morgan fingerprint density at radius 3 is 2.88 bits per heavy atom. The van der Waals surface area contributed by atoms with E-state index in [4.69, 9.17) is 4.74 Å². The fraction of sp³-hybridized carbons (Fsp3) is 0.294. The van der Waals surface area contributed by atoms with Crippen LogP contribution >= 0.6 is 15.9 Å². The topological polar surface area (TPSA) is 54.5 Å². The van der Waals surface area contributed by atoms with Gasteiger partial charge in [0.05, 0.1) is 0 Å². The number of hydrogen-bond donors (Lipinski definition) is 1. The molecule has 0 aliphatic carbocycles. The van der Waals surface area contributed by atoms with Crippen LogP contribution in [0.1, 0.15) is 16.8 Å². The highest BCUT2D eigenvalue weighted by atomic mass is 79.9. The SMILES string of the molecule is CN(C)CCCNC(=O)c1cccnc1Oc1ccc(Br)cc1F. The Hall–Kier alpha value is -1.99. The maximum atomic E-state index is 13.9. The van der Waals surface area contributed by atoms with Gasteiger partial charge in [0.1, 0.15) is 5.56 Å². The van der Waals surface area contributed by atoms with Crippen LogP contribution in [0.4, 0.5) is 4.39 Å². The molecular formula is C17H19BrFN3O2. The van der Waals surface area contributed by atoms with Crippen molar-refractivity contribution >= 4 is 21.8 Å². The third kappa shape index (κ3) is 5.28. The molecule has 0 bridgehead atoms. The van der Waals surface area contributed by atoms with Crippen LogP contribution in [-0.4, -0.2) is 43.0 Å². The van der Waals surface area contributed by atoms with Gasteiger partial charge in [0, 0.05) is 17.2 Å². The average Bonchev–Trinajstić information content (AvgIpc) is 2.54. The molecule has 0 saturated carbocycles. The molecule has 0 saturated heterocycles. The van der Waals surface area contributed by atoms with Crippen molar-refractivity contribution in [3.63, 3.8) is 0 Å². The number of pyridine rings is 1. The van der Waals surface area contributed by atoms with E-state index in [1.165, 1.54) is 18.3 Å². The summed E-state index contributed by atoms with van der Waals surface area (Å²) >= 11 is 3.19. The van der Waals surface area contributed by atoms with Crippen LogP contribution in [0.25, 0.3) is 0 Å². The quantitative estimate of drug-likeness (QED) is 0.729. The lowest BCUT2D eigenvalue weighted by molar-refractivity contribution is 0.0949. The minimum absolute atomic E-state index is 0.0126. The molecule has 0 atom stereocenters. The lowest BCUT2D eigenvalue weighted by Crippen LogP contribution is -2.27. The van der Waals surface area contributed by atoms with Crippen LogP contribution in [-0.2, 0) is 0 Å². The highest BCUT2D eigenvalue weighted by Gasteiger charge is 2.15. The van der Waals surface area contributed by atoms with E-state index >= 15 is 0 Å². The molecular weight excluding hydrogens is 377 g/mol. The molecule has 7 heteroatoms. The molecule has 0 aliphatic heterocycles. The molecule has 0 radical (unpaired) electrons. The summed E-state index contributed by atoms with van der Waals surface area (Å²) in [6.45, 7) is 1.42. The minimum Gasteiger partial charge on any atom is -0.435 e. The van der Waals surface area contributed by atoms with Gasteiger partial charge in [-0.1, -0.05) is 15.9 Å². The molecule has 0 spiro atoms. The molecule has 1 amide bonds. The van der Waals surface area contributed by atoms with Gasteiger partial charge in [0.15, 0.2) is 11.6 Å². The molecule has 0 aliphatic rings. The Labute approximate surface area is 149 Å². The van der Waals surface area contributed by atoms with Crippen molar-refractivity contribution in [2.45, 2.75) is 6.42 Å². The molecule has 5 nitrogen and oxygen atoms in total. The van der Waals surface area contributed by atoms with Gasteiger partial charge < -0.3 is 15.0 Å². The van der Waals surface area contributed by atoms with Crippen molar-refractivity contribution < 1.29 is 13.9 Å². The number of ether oxygens (including phenoxy) is 1. The summed E-state index contributed by atoms with van der Waals surface area (Å²) in [6, 6.07) is 7.66. The van der Waals surface area contributed by atoms with Crippen molar-refractivity contribution in [1.82, 2.24) is 15.2 Å². The maximum absolute atomic E-state index is 13.9. The predicted molar refractivity (Wildman–Crippen MR) is 93.9 cm³/mol. The fourth-order valence-corrected chi connectivity index (χ4v) is 2.33. The van der Waals surface area contributed by atoms with Crippen molar-refractivity contribution in [3.05, 3.63) is 52.4 Å². The van der Waals surface area contributed by atoms with E-state index in [1.807, 2.05) is 19.0 Å². The summed E-state index contributed by atoms with van der Waals surface area (Å²) in [5.41, 5.74) is 0.268. The van der Waals surface area contributed by atoms with E-state index in [2.05, 4.69) is 26.2 Å². The molecule has 2 rings (SSSR count). The first-order chi connectivity index (χ1) is 11.5. The molecule has 2 aromatic rings. The van der Waals surface area contributed by atoms with E-state index in [9.17, 15) is 9.18 Å². The normalized spacial score (nSPS) is 10.7. The van der Waals surface area contributed by atoms with Gasteiger partial charge in [-0.05, 0) is 57.4 Å². The van der Waals surface area contributed by atoms with Gasteiger partial charge in [-0.15, -0.1) is 0 Å². The van der Waals surface area contributed by atoms with Crippen LogP contribution in [0.5, 0.6) is 11.6 Å². The van der Waals surface area contributed by atoms with E-state index < -0.39 is 5.82 Å². The van der Waals surface area contributed by atoms with Crippen LogP contribution in [0.15, 0.2) is 41.0 Å². The summed E-state index contributed by atoms with van der Waals surface area (Å²) in [6.07, 6.45) is 2.32. The smallest absolute Gasteiger partial charge is 0.256 e. The van der Waals surface area contributed by atoms with Gasteiger partial charge in [-0.25, -0.2) is 9.37 Å². The zero-order valence-corrected chi connectivity index (χ0v) is 15.1. The highest BCUT2D eigenvalue weighted by Crippen LogP contribution is 2.27. The van der Waals surface area contributed by atoms with E-state index in [-0.39, 0.29) is 23.1 Å². The minimum atomic E-state index is -0.535. The molecule has 1 heterocycles. The van der Waals surface area contributed by atoms with Crippen LogP contribution < -0.4 is 10.1 Å². The van der Waals surface area contributed by atoms with Crippen molar-refractivity contribution in [1.29, 1.82) is 0 Å². The molecule has 1 aromatic heterocycles.